The summed E-state index contributed by atoms with van der Waals surface area (Å²) in [6.45, 7) is 7.43. The van der Waals surface area contributed by atoms with E-state index in [1.807, 2.05) is 0 Å². The van der Waals surface area contributed by atoms with E-state index >= 15 is 0 Å². The molecule has 4 heteroatoms. The van der Waals surface area contributed by atoms with Crippen LogP contribution in [0.5, 0.6) is 0 Å². The summed E-state index contributed by atoms with van der Waals surface area (Å²) in [6, 6.07) is 0.261. The highest BCUT2D eigenvalue weighted by atomic mass is 19.4. The Balaban J connectivity index is 2.63. The van der Waals surface area contributed by atoms with Crippen LogP contribution in [0.1, 0.15) is 72.1 Å². The van der Waals surface area contributed by atoms with Crippen molar-refractivity contribution in [3.8, 4) is 0 Å². The summed E-state index contributed by atoms with van der Waals surface area (Å²) >= 11 is 0. The Morgan fingerprint density at radius 3 is 2.43 bits per heavy atom. The fourth-order valence-corrected chi connectivity index (χ4v) is 3.71. The smallest absolute Gasteiger partial charge is 0.314 e. The van der Waals surface area contributed by atoms with E-state index in [-0.39, 0.29) is 12.0 Å². The Hall–Kier alpha value is -0.250. The van der Waals surface area contributed by atoms with Gasteiger partial charge in [-0.05, 0) is 50.5 Å². The van der Waals surface area contributed by atoms with Gasteiger partial charge in [0.05, 0.1) is 5.92 Å². The molecule has 0 aromatic rings. The summed E-state index contributed by atoms with van der Waals surface area (Å²) in [5.41, 5.74) is 0. The van der Waals surface area contributed by atoms with E-state index in [1.54, 1.807) is 0 Å². The fraction of sp³-hybridized carbons (Fsp3) is 1.00. The van der Waals surface area contributed by atoms with Crippen molar-refractivity contribution in [3.05, 3.63) is 0 Å². The van der Waals surface area contributed by atoms with Crippen LogP contribution in [0, 0.1) is 17.8 Å². The van der Waals surface area contributed by atoms with Crippen LogP contribution >= 0.6 is 0 Å². The molecule has 1 aliphatic rings. The molecule has 0 saturated heterocycles. The van der Waals surface area contributed by atoms with Gasteiger partial charge in [0.1, 0.15) is 0 Å². The van der Waals surface area contributed by atoms with E-state index in [4.69, 9.17) is 0 Å². The van der Waals surface area contributed by atoms with Gasteiger partial charge in [0.25, 0.3) is 0 Å². The number of halogens is 3. The van der Waals surface area contributed by atoms with Gasteiger partial charge in [-0.25, -0.2) is 0 Å². The molecule has 1 fully saturated rings. The van der Waals surface area contributed by atoms with Gasteiger partial charge in [0.15, 0.2) is 0 Å². The molecule has 0 heterocycles. The lowest BCUT2D eigenvalue weighted by molar-refractivity contribution is -0.186. The van der Waals surface area contributed by atoms with Gasteiger partial charge in [-0.1, -0.05) is 40.0 Å². The summed E-state index contributed by atoms with van der Waals surface area (Å²) < 4.78 is 39.0. The molecule has 0 aliphatic heterocycles. The van der Waals surface area contributed by atoms with Gasteiger partial charge in [0.2, 0.25) is 0 Å². The third-order valence-corrected chi connectivity index (χ3v) is 4.84. The SMILES string of the molecule is CCCNC(CC(C)CCC)C1CCCC(C(F)(F)F)C1. The Kier molecular flexibility index (Phi) is 8.07. The molecule has 21 heavy (non-hydrogen) atoms. The highest BCUT2D eigenvalue weighted by molar-refractivity contribution is 4.86. The maximum atomic E-state index is 13.0. The first-order chi connectivity index (χ1) is 9.88. The van der Waals surface area contributed by atoms with E-state index in [2.05, 4.69) is 26.1 Å². The topological polar surface area (TPSA) is 12.0 Å². The van der Waals surface area contributed by atoms with E-state index < -0.39 is 12.1 Å². The Morgan fingerprint density at radius 2 is 1.86 bits per heavy atom. The van der Waals surface area contributed by atoms with Crippen molar-refractivity contribution in [2.45, 2.75) is 84.4 Å². The minimum absolute atomic E-state index is 0.191. The zero-order chi connectivity index (χ0) is 15.9. The molecular weight excluding hydrogens is 275 g/mol. The minimum Gasteiger partial charge on any atom is -0.314 e. The molecule has 0 aromatic carbocycles. The van der Waals surface area contributed by atoms with Gasteiger partial charge in [-0.2, -0.15) is 13.2 Å². The largest absolute Gasteiger partial charge is 0.391 e. The third kappa shape index (κ3) is 6.58. The quantitative estimate of drug-likeness (QED) is 0.620. The molecule has 1 nitrogen and oxygen atoms in total. The maximum absolute atomic E-state index is 13.0. The average molecular weight is 307 g/mol. The van der Waals surface area contributed by atoms with Crippen LogP contribution in [0.25, 0.3) is 0 Å². The Labute approximate surface area is 128 Å². The first-order valence-electron chi connectivity index (χ1n) is 8.68. The van der Waals surface area contributed by atoms with Gasteiger partial charge >= 0.3 is 6.18 Å². The molecule has 1 N–H and O–H groups in total. The van der Waals surface area contributed by atoms with Crippen LogP contribution in [0.2, 0.25) is 0 Å². The molecule has 1 rings (SSSR count). The van der Waals surface area contributed by atoms with E-state index in [0.29, 0.717) is 18.8 Å². The lowest BCUT2D eigenvalue weighted by Crippen LogP contribution is -2.42. The van der Waals surface area contributed by atoms with Crippen molar-refractivity contribution in [1.29, 1.82) is 0 Å². The van der Waals surface area contributed by atoms with Crippen LogP contribution < -0.4 is 5.32 Å². The molecule has 0 amide bonds. The third-order valence-electron chi connectivity index (χ3n) is 4.84. The van der Waals surface area contributed by atoms with Crippen molar-refractivity contribution in [2.75, 3.05) is 6.54 Å². The summed E-state index contributed by atoms with van der Waals surface area (Å²) in [5, 5.41) is 3.53. The van der Waals surface area contributed by atoms with Crippen LogP contribution in [-0.2, 0) is 0 Å². The second-order valence-corrected chi connectivity index (χ2v) is 6.86. The van der Waals surface area contributed by atoms with Gasteiger partial charge in [-0.3, -0.25) is 0 Å². The number of hydrogen-bond acceptors (Lipinski definition) is 1. The molecule has 0 bridgehead atoms. The normalized spacial score (nSPS) is 26.6. The molecule has 126 valence electrons. The average Bonchev–Trinajstić information content (AvgIpc) is 2.43. The Bertz CT molecular complexity index is 278. The second-order valence-electron chi connectivity index (χ2n) is 6.86. The molecular formula is C17H32F3N. The van der Waals surface area contributed by atoms with Crippen molar-refractivity contribution in [1.82, 2.24) is 5.32 Å². The maximum Gasteiger partial charge on any atom is 0.391 e. The highest BCUT2D eigenvalue weighted by Gasteiger charge is 2.43. The number of alkyl halides is 3. The summed E-state index contributed by atoms with van der Waals surface area (Å²) in [7, 11) is 0. The van der Waals surface area contributed by atoms with Crippen LogP contribution in [-0.4, -0.2) is 18.8 Å². The predicted octanol–water partition coefficient (Wildman–Crippen LogP) is 5.55. The monoisotopic (exact) mass is 307 g/mol. The lowest BCUT2D eigenvalue weighted by Gasteiger charge is -2.37. The minimum atomic E-state index is -4.01. The first kappa shape index (κ1) is 18.8. The molecule has 0 spiro atoms. The summed E-state index contributed by atoms with van der Waals surface area (Å²) in [6.07, 6.45) is 2.68. The van der Waals surface area contributed by atoms with Crippen molar-refractivity contribution in [2.24, 2.45) is 17.8 Å². The standard InChI is InChI=1S/C17H32F3N/c1-4-7-13(3)11-16(21-10-5-2)14-8-6-9-15(12-14)17(18,19)20/h13-16,21H,4-12H2,1-3H3. The molecule has 4 atom stereocenters. The zero-order valence-electron chi connectivity index (χ0n) is 13.8. The van der Waals surface area contributed by atoms with E-state index in [1.165, 1.54) is 6.42 Å². The highest BCUT2D eigenvalue weighted by Crippen LogP contribution is 2.41. The van der Waals surface area contributed by atoms with Crippen LogP contribution in [0.3, 0.4) is 0 Å². The fourth-order valence-electron chi connectivity index (χ4n) is 3.71. The van der Waals surface area contributed by atoms with Crippen molar-refractivity contribution < 1.29 is 13.2 Å². The second kappa shape index (κ2) is 9.02. The summed E-state index contributed by atoms with van der Waals surface area (Å²) in [5.74, 6) is -0.296. The Morgan fingerprint density at radius 1 is 1.14 bits per heavy atom. The molecule has 0 radical (unpaired) electrons. The molecule has 1 saturated carbocycles. The first-order valence-corrected chi connectivity index (χ1v) is 8.68. The van der Waals surface area contributed by atoms with Crippen LogP contribution in [0.15, 0.2) is 0 Å². The molecule has 0 aromatic heterocycles. The summed E-state index contributed by atoms with van der Waals surface area (Å²) in [4.78, 5) is 0. The van der Waals surface area contributed by atoms with E-state index in [0.717, 1.165) is 38.6 Å². The molecule has 1 aliphatic carbocycles. The zero-order valence-corrected chi connectivity index (χ0v) is 13.8. The van der Waals surface area contributed by atoms with Crippen molar-refractivity contribution in [3.63, 3.8) is 0 Å². The van der Waals surface area contributed by atoms with Crippen molar-refractivity contribution >= 4 is 0 Å². The van der Waals surface area contributed by atoms with Gasteiger partial charge < -0.3 is 5.32 Å². The number of rotatable bonds is 8. The van der Waals surface area contributed by atoms with Gasteiger partial charge in [0, 0.05) is 6.04 Å². The molecule has 4 unspecified atom stereocenters. The van der Waals surface area contributed by atoms with E-state index in [9.17, 15) is 13.2 Å². The number of hydrogen-bond donors (Lipinski definition) is 1. The predicted molar refractivity (Wildman–Crippen MR) is 82.3 cm³/mol. The van der Waals surface area contributed by atoms with Crippen LogP contribution in [0.4, 0.5) is 13.2 Å². The lowest BCUT2D eigenvalue weighted by atomic mass is 9.75. The van der Waals surface area contributed by atoms with Gasteiger partial charge in [-0.15, -0.1) is 0 Å². The number of nitrogens with one attached hydrogen (secondary N) is 1.